The van der Waals surface area contributed by atoms with E-state index in [9.17, 15) is 9.59 Å². The van der Waals surface area contributed by atoms with Gasteiger partial charge >= 0.3 is 5.69 Å². The topological polar surface area (TPSA) is 78.1 Å². The number of nitrogens with zero attached hydrogens (tertiary/aromatic N) is 4. The number of methoxy groups -OCH3 is 2. The molecule has 0 aliphatic heterocycles. The van der Waals surface area contributed by atoms with Gasteiger partial charge in [0, 0.05) is 32.2 Å². The molecular formula is C29H30N4O4. The van der Waals surface area contributed by atoms with Gasteiger partial charge in [0.15, 0.2) is 0 Å². The van der Waals surface area contributed by atoms with Crippen molar-refractivity contribution in [3.05, 3.63) is 117 Å². The van der Waals surface area contributed by atoms with Crippen LogP contribution < -0.4 is 25.6 Å². The zero-order valence-electron chi connectivity index (χ0n) is 21.4. The molecule has 37 heavy (non-hydrogen) atoms. The van der Waals surface area contributed by atoms with Crippen molar-refractivity contribution in [1.29, 1.82) is 0 Å². The van der Waals surface area contributed by atoms with E-state index in [1.165, 1.54) is 15.3 Å². The lowest BCUT2D eigenvalue weighted by atomic mass is 10.2. The number of anilines is 1. The maximum absolute atomic E-state index is 13.4. The van der Waals surface area contributed by atoms with Crippen LogP contribution in [0.5, 0.6) is 11.5 Å². The van der Waals surface area contributed by atoms with Gasteiger partial charge in [-0.3, -0.25) is 13.9 Å². The third-order valence-electron chi connectivity index (χ3n) is 5.99. The van der Waals surface area contributed by atoms with Crippen molar-refractivity contribution in [3.8, 4) is 11.5 Å². The van der Waals surface area contributed by atoms with Crippen molar-refractivity contribution in [2.45, 2.75) is 13.1 Å². The lowest BCUT2D eigenvalue weighted by Crippen LogP contribution is -2.39. The molecule has 0 bridgehead atoms. The van der Waals surface area contributed by atoms with Crippen molar-refractivity contribution in [2.24, 2.45) is 4.99 Å². The maximum atomic E-state index is 13.4. The summed E-state index contributed by atoms with van der Waals surface area (Å²) < 4.78 is 13.2. The largest absolute Gasteiger partial charge is 0.497 e. The highest BCUT2D eigenvalue weighted by molar-refractivity contribution is 5.82. The van der Waals surface area contributed by atoms with E-state index < -0.39 is 11.2 Å². The van der Waals surface area contributed by atoms with Gasteiger partial charge in [-0.15, -0.1) is 0 Å². The Labute approximate surface area is 215 Å². The van der Waals surface area contributed by atoms with Crippen molar-refractivity contribution in [2.75, 3.05) is 33.2 Å². The maximum Gasteiger partial charge on any atom is 0.331 e. The highest BCUT2D eigenvalue weighted by Crippen LogP contribution is 2.15. The Hall–Kier alpha value is -4.59. The summed E-state index contributed by atoms with van der Waals surface area (Å²) in [4.78, 5) is 33.2. The molecule has 4 aromatic rings. The Morgan fingerprint density at radius 1 is 0.784 bits per heavy atom. The zero-order valence-corrected chi connectivity index (χ0v) is 21.4. The van der Waals surface area contributed by atoms with Crippen LogP contribution in [-0.2, 0) is 13.1 Å². The molecule has 0 atom stereocenters. The summed E-state index contributed by atoms with van der Waals surface area (Å²) >= 11 is 0. The van der Waals surface area contributed by atoms with Crippen LogP contribution in [0.25, 0.3) is 0 Å². The molecule has 0 saturated carbocycles. The minimum atomic E-state index is -0.451. The first-order valence-electron chi connectivity index (χ1n) is 11.8. The van der Waals surface area contributed by atoms with Crippen molar-refractivity contribution < 1.29 is 9.47 Å². The van der Waals surface area contributed by atoms with Gasteiger partial charge < -0.3 is 14.4 Å². The SMILES string of the molecule is COc1ccc(Cn2cc(N=Cc3ccc(N(C)C)cc3)c(=O)n(Cc3ccc(OC)cc3)c2=O)cc1. The Bertz CT molecular complexity index is 1480. The molecule has 0 radical (unpaired) electrons. The molecule has 1 aromatic heterocycles. The quantitative estimate of drug-likeness (QED) is 0.327. The van der Waals surface area contributed by atoms with E-state index in [1.54, 1.807) is 32.6 Å². The van der Waals surface area contributed by atoms with Gasteiger partial charge in [0.1, 0.15) is 17.2 Å². The second-order valence-corrected chi connectivity index (χ2v) is 8.76. The molecule has 8 heteroatoms. The second-order valence-electron chi connectivity index (χ2n) is 8.76. The minimum Gasteiger partial charge on any atom is -0.497 e. The van der Waals surface area contributed by atoms with Gasteiger partial charge in [0.2, 0.25) is 0 Å². The fraction of sp³-hybridized carbons (Fsp3) is 0.207. The molecule has 4 rings (SSSR count). The lowest BCUT2D eigenvalue weighted by molar-refractivity contribution is 0.414. The predicted octanol–water partition coefficient (Wildman–Crippen LogP) is 3.94. The molecule has 0 aliphatic rings. The van der Waals surface area contributed by atoms with Crippen molar-refractivity contribution in [1.82, 2.24) is 9.13 Å². The fourth-order valence-electron chi connectivity index (χ4n) is 3.82. The molecule has 0 saturated heterocycles. The van der Waals surface area contributed by atoms with Crippen LogP contribution in [0, 0.1) is 0 Å². The van der Waals surface area contributed by atoms with Gasteiger partial charge in [-0.05, 0) is 53.1 Å². The van der Waals surface area contributed by atoms with Gasteiger partial charge in [0.25, 0.3) is 5.56 Å². The van der Waals surface area contributed by atoms with Gasteiger partial charge in [-0.2, -0.15) is 0 Å². The third-order valence-corrected chi connectivity index (χ3v) is 5.99. The molecule has 0 fully saturated rings. The predicted molar refractivity (Wildman–Crippen MR) is 147 cm³/mol. The molecule has 0 aliphatic carbocycles. The van der Waals surface area contributed by atoms with E-state index in [0.717, 1.165) is 28.1 Å². The van der Waals surface area contributed by atoms with Crippen LogP contribution in [-0.4, -0.2) is 43.7 Å². The van der Waals surface area contributed by atoms with E-state index in [1.807, 2.05) is 79.7 Å². The van der Waals surface area contributed by atoms with Gasteiger partial charge in [0.05, 0.1) is 27.3 Å². The van der Waals surface area contributed by atoms with E-state index in [2.05, 4.69) is 4.99 Å². The van der Waals surface area contributed by atoms with E-state index in [-0.39, 0.29) is 18.8 Å². The van der Waals surface area contributed by atoms with Gasteiger partial charge in [-0.25, -0.2) is 9.79 Å². The Balaban J connectivity index is 1.73. The average Bonchev–Trinajstić information content (AvgIpc) is 2.93. The second kappa shape index (κ2) is 11.4. The molecule has 1 heterocycles. The van der Waals surface area contributed by atoms with Crippen LogP contribution in [0.1, 0.15) is 16.7 Å². The average molecular weight is 499 g/mol. The number of hydrogen-bond acceptors (Lipinski definition) is 6. The summed E-state index contributed by atoms with van der Waals surface area (Å²) in [5.41, 5.74) is 2.92. The molecule has 190 valence electrons. The normalized spacial score (nSPS) is 11.0. The van der Waals surface area contributed by atoms with E-state index in [0.29, 0.717) is 5.75 Å². The summed E-state index contributed by atoms with van der Waals surface area (Å²) in [6.45, 7) is 0.400. The monoisotopic (exact) mass is 498 g/mol. The molecule has 8 nitrogen and oxygen atoms in total. The summed E-state index contributed by atoms with van der Waals surface area (Å²) in [5, 5.41) is 0. The number of benzene rings is 3. The highest BCUT2D eigenvalue weighted by atomic mass is 16.5. The first-order chi connectivity index (χ1) is 17.9. The summed E-state index contributed by atoms with van der Waals surface area (Å²) in [5.74, 6) is 1.43. The zero-order chi connectivity index (χ0) is 26.4. The number of ether oxygens (including phenoxy) is 2. The third kappa shape index (κ3) is 6.16. The number of hydrogen-bond donors (Lipinski definition) is 0. The standard InChI is InChI=1S/C29H30N4O4/c1-31(2)24-11-5-21(6-12-24)17-30-27-20-32(18-22-7-13-25(36-3)14-8-22)29(35)33(28(27)34)19-23-9-15-26(37-4)16-10-23/h5-17,20H,18-19H2,1-4H3. The molecule has 0 amide bonds. The molecular weight excluding hydrogens is 468 g/mol. The van der Waals surface area contributed by atoms with Gasteiger partial charge in [-0.1, -0.05) is 36.4 Å². The minimum absolute atomic E-state index is 0.116. The van der Waals surface area contributed by atoms with Crippen LogP contribution in [0.2, 0.25) is 0 Å². The summed E-state index contributed by atoms with van der Waals surface area (Å²) in [7, 11) is 7.14. The van der Waals surface area contributed by atoms with Crippen molar-refractivity contribution >= 4 is 17.6 Å². The Morgan fingerprint density at radius 3 is 1.84 bits per heavy atom. The highest BCUT2D eigenvalue weighted by Gasteiger charge is 2.12. The Morgan fingerprint density at radius 2 is 1.32 bits per heavy atom. The Kier molecular flexibility index (Phi) is 7.88. The molecule has 3 aromatic carbocycles. The fourth-order valence-corrected chi connectivity index (χ4v) is 3.82. The summed E-state index contributed by atoms with van der Waals surface area (Å²) in [6, 6.07) is 22.5. The summed E-state index contributed by atoms with van der Waals surface area (Å²) in [6.07, 6.45) is 3.15. The van der Waals surface area contributed by atoms with Crippen LogP contribution >= 0.6 is 0 Å². The van der Waals surface area contributed by atoms with Crippen LogP contribution in [0.3, 0.4) is 0 Å². The molecule has 0 N–H and O–H groups in total. The smallest absolute Gasteiger partial charge is 0.331 e. The first kappa shape index (κ1) is 25.5. The number of aliphatic imine (C=N–C) groups is 1. The first-order valence-corrected chi connectivity index (χ1v) is 11.8. The lowest BCUT2D eigenvalue weighted by Gasteiger charge is -2.13. The van der Waals surface area contributed by atoms with Crippen LogP contribution in [0.15, 0.2) is 93.6 Å². The van der Waals surface area contributed by atoms with E-state index >= 15 is 0 Å². The number of aromatic nitrogens is 2. The molecule has 0 spiro atoms. The van der Waals surface area contributed by atoms with Crippen molar-refractivity contribution in [3.63, 3.8) is 0 Å². The van der Waals surface area contributed by atoms with E-state index in [4.69, 9.17) is 9.47 Å². The van der Waals surface area contributed by atoms with Crippen LogP contribution in [0.4, 0.5) is 11.4 Å². The number of rotatable bonds is 9. The molecule has 0 unspecified atom stereocenters.